The Hall–Kier alpha value is -1.47. The quantitative estimate of drug-likeness (QED) is 0.748. The number of piperazine rings is 1. The number of benzene rings is 1. The van der Waals surface area contributed by atoms with E-state index in [1.807, 2.05) is 4.90 Å². The maximum atomic E-state index is 12.5. The molecule has 7 heteroatoms. The minimum Gasteiger partial charge on any atom is -0.508 e. The van der Waals surface area contributed by atoms with Gasteiger partial charge >= 0.3 is 6.18 Å². The van der Waals surface area contributed by atoms with E-state index >= 15 is 0 Å². The third-order valence-corrected chi connectivity index (χ3v) is 3.66. The molecule has 1 fully saturated rings. The molecule has 2 rings (SSSR count). The highest BCUT2D eigenvalue weighted by molar-refractivity contribution is 5.40. The van der Waals surface area contributed by atoms with Crippen LogP contribution in [0.4, 0.5) is 13.2 Å². The monoisotopic (exact) mass is 304 g/mol. The molecule has 1 aliphatic rings. The number of rotatable bonds is 4. The summed E-state index contributed by atoms with van der Waals surface area (Å²) in [7, 11) is 0. The molecule has 3 N–H and O–H groups in total. The Morgan fingerprint density at radius 1 is 1.19 bits per heavy atom. The number of alkyl halides is 3. The maximum absolute atomic E-state index is 12.5. The first kappa shape index (κ1) is 15.9. The van der Waals surface area contributed by atoms with E-state index in [9.17, 15) is 23.4 Å². The van der Waals surface area contributed by atoms with E-state index in [2.05, 4.69) is 5.32 Å². The van der Waals surface area contributed by atoms with E-state index in [0.717, 1.165) is 0 Å². The standard InChI is InChI=1S/C14H19F3N2O2/c15-14(16,17)4-3-12(19-7-5-18-6-8-19)11-9-10(20)1-2-13(11)21/h1-2,9,12,18,20-21H,3-8H2/t12-/m0/s1. The van der Waals surface area contributed by atoms with Gasteiger partial charge in [0.25, 0.3) is 0 Å². The van der Waals surface area contributed by atoms with Crippen LogP contribution >= 0.6 is 0 Å². The summed E-state index contributed by atoms with van der Waals surface area (Å²) in [5.41, 5.74) is 0.348. The fourth-order valence-electron chi connectivity index (χ4n) is 2.64. The molecule has 0 bridgehead atoms. The molecule has 0 aliphatic carbocycles. The topological polar surface area (TPSA) is 55.7 Å². The Morgan fingerprint density at radius 3 is 2.48 bits per heavy atom. The van der Waals surface area contributed by atoms with Gasteiger partial charge in [-0.15, -0.1) is 0 Å². The molecule has 4 nitrogen and oxygen atoms in total. The van der Waals surface area contributed by atoms with Crippen LogP contribution in [0.15, 0.2) is 18.2 Å². The average Bonchev–Trinajstić information content (AvgIpc) is 2.43. The van der Waals surface area contributed by atoms with E-state index in [1.165, 1.54) is 18.2 Å². The second-order valence-corrected chi connectivity index (χ2v) is 5.20. The van der Waals surface area contributed by atoms with Gasteiger partial charge < -0.3 is 15.5 Å². The summed E-state index contributed by atoms with van der Waals surface area (Å²) in [6, 6.07) is 3.42. The number of aromatic hydroxyl groups is 2. The third kappa shape index (κ3) is 4.50. The van der Waals surface area contributed by atoms with Crippen LogP contribution in [-0.4, -0.2) is 47.5 Å². The molecule has 1 heterocycles. The lowest BCUT2D eigenvalue weighted by atomic mass is 9.98. The van der Waals surface area contributed by atoms with Gasteiger partial charge in [-0.25, -0.2) is 0 Å². The summed E-state index contributed by atoms with van der Waals surface area (Å²) >= 11 is 0. The molecule has 0 unspecified atom stereocenters. The molecule has 0 amide bonds. The van der Waals surface area contributed by atoms with Gasteiger partial charge in [0, 0.05) is 44.2 Å². The summed E-state index contributed by atoms with van der Waals surface area (Å²) in [5, 5.41) is 22.6. The van der Waals surface area contributed by atoms with Gasteiger partial charge in [-0.1, -0.05) is 0 Å². The predicted octanol–water partition coefficient (Wildman–Crippen LogP) is 2.39. The molecular weight excluding hydrogens is 285 g/mol. The van der Waals surface area contributed by atoms with Crippen LogP contribution in [0, 0.1) is 0 Å². The van der Waals surface area contributed by atoms with Crippen molar-refractivity contribution in [3.63, 3.8) is 0 Å². The highest BCUT2D eigenvalue weighted by atomic mass is 19.4. The zero-order chi connectivity index (χ0) is 15.5. The Bertz CT molecular complexity index is 474. The largest absolute Gasteiger partial charge is 0.508 e. The molecule has 1 aromatic rings. The van der Waals surface area contributed by atoms with Crippen molar-refractivity contribution in [2.24, 2.45) is 0 Å². The predicted molar refractivity (Wildman–Crippen MR) is 72.2 cm³/mol. The highest BCUT2D eigenvalue weighted by Crippen LogP contribution is 2.37. The van der Waals surface area contributed by atoms with Crippen molar-refractivity contribution in [3.05, 3.63) is 23.8 Å². The van der Waals surface area contributed by atoms with Crippen LogP contribution in [0.25, 0.3) is 0 Å². The first-order chi connectivity index (χ1) is 9.87. The molecular formula is C14H19F3N2O2. The first-order valence-corrected chi connectivity index (χ1v) is 6.90. The first-order valence-electron chi connectivity index (χ1n) is 6.90. The Labute approximate surface area is 121 Å². The fraction of sp³-hybridized carbons (Fsp3) is 0.571. The summed E-state index contributed by atoms with van der Waals surface area (Å²) in [4.78, 5) is 1.91. The molecule has 0 aromatic heterocycles. The van der Waals surface area contributed by atoms with Gasteiger partial charge in [0.15, 0.2) is 0 Å². The second-order valence-electron chi connectivity index (χ2n) is 5.20. The number of hydrogen-bond acceptors (Lipinski definition) is 4. The third-order valence-electron chi connectivity index (χ3n) is 3.66. The number of hydrogen-bond donors (Lipinski definition) is 3. The summed E-state index contributed by atoms with van der Waals surface area (Å²) in [6.07, 6.45) is -5.30. The van der Waals surface area contributed by atoms with Gasteiger partial charge in [-0.3, -0.25) is 4.90 Å². The van der Waals surface area contributed by atoms with Gasteiger partial charge in [-0.05, 0) is 24.6 Å². The van der Waals surface area contributed by atoms with Crippen LogP contribution in [-0.2, 0) is 0 Å². The summed E-state index contributed by atoms with van der Waals surface area (Å²) in [6.45, 7) is 2.61. The van der Waals surface area contributed by atoms with Crippen molar-refractivity contribution in [2.45, 2.75) is 25.1 Å². The van der Waals surface area contributed by atoms with Gasteiger partial charge in [0.2, 0.25) is 0 Å². The zero-order valence-electron chi connectivity index (χ0n) is 11.5. The molecule has 1 aliphatic heterocycles. The van der Waals surface area contributed by atoms with Crippen LogP contribution < -0.4 is 5.32 Å². The SMILES string of the molecule is Oc1ccc(O)c([C@H](CCC(F)(F)F)N2CCNCC2)c1. The highest BCUT2D eigenvalue weighted by Gasteiger charge is 2.32. The average molecular weight is 304 g/mol. The zero-order valence-corrected chi connectivity index (χ0v) is 11.5. The van der Waals surface area contributed by atoms with Crippen LogP contribution in [0.5, 0.6) is 11.5 Å². The number of nitrogens with zero attached hydrogens (tertiary/aromatic N) is 1. The lowest BCUT2D eigenvalue weighted by Gasteiger charge is -2.35. The van der Waals surface area contributed by atoms with Gasteiger partial charge in [0.1, 0.15) is 11.5 Å². The van der Waals surface area contributed by atoms with Gasteiger partial charge in [0.05, 0.1) is 0 Å². The van der Waals surface area contributed by atoms with E-state index in [-0.39, 0.29) is 17.9 Å². The van der Waals surface area contributed by atoms with Crippen molar-refractivity contribution in [2.75, 3.05) is 26.2 Å². The number of halogens is 3. The van der Waals surface area contributed by atoms with Crippen molar-refractivity contribution in [1.82, 2.24) is 10.2 Å². The lowest BCUT2D eigenvalue weighted by molar-refractivity contribution is -0.138. The van der Waals surface area contributed by atoms with Gasteiger partial charge in [-0.2, -0.15) is 13.2 Å². The van der Waals surface area contributed by atoms with Crippen molar-refractivity contribution in [1.29, 1.82) is 0 Å². The van der Waals surface area contributed by atoms with Crippen molar-refractivity contribution in [3.8, 4) is 11.5 Å². The Morgan fingerprint density at radius 2 is 1.86 bits per heavy atom. The molecule has 0 saturated carbocycles. The van der Waals surface area contributed by atoms with Crippen LogP contribution in [0.1, 0.15) is 24.4 Å². The fourth-order valence-corrected chi connectivity index (χ4v) is 2.64. The van der Waals surface area contributed by atoms with Crippen molar-refractivity contribution >= 4 is 0 Å². The van der Waals surface area contributed by atoms with E-state index in [4.69, 9.17) is 0 Å². The number of phenols is 2. The van der Waals surface area contributed by atoms with E-state index in [1.54, 1.807) is 0 Å². The lowest BCUT2D eigenvalue weighted by Crippen LogP contribution is -2.45. The van der Waals surface area contributed by atoms with E-state index < -0.39 is 18.6 Å². The molecule has 1 atom stereocenters. The Balaban J connectivity index is 2.23. The molecule has 1 saturated heterocycles. The number of nitrogens with one attached hydrogen (secondary N) is 1. The molecule has 0 spiro atoms. The minimum atomic E-state index is -4.24. The van der Waals surface area contributed by atoms with Crippen molar-refractivity contribution < 1.29 is 23.4 Å². The Kier molecular flexibility index (Phi) is 4.95. The molecule has 1 aromatic carbocycles. The second kappa shape index (κ2) is 6.53. The molecule has 118 valence electrons. The van der Waals surface area contributed by atoms with E-state index in [0.29, 0.717) is 31.7 Å². The summed E-state index contributed by atoms with van der Waals surface area (Å²) < 4.78 is 37.6. The maximum Gasteiger partial charge on any atom is 0.389 e. The minimum absolute atomic E-state index is 0.0602. The smallest absolute Gasteiger partial charge is 0.389 e. The molecule has 0 radical (unpaired) electrons. The number of phenolic OH excluding ortho intramolecular Hbond substituents is 2. The summed E-state index contributed by atoms with van der Waals surface area (Å²) in [5.74, 6) is -0.145. The molecule has 21 heavy (non-hydrogen) atoms. The van der Waals surface area contributed by atoms with Crippen LogP contribution in [0.3, 0.4) is 0 Å². The van der Waals surface area contributed by atoms with Crippen LogP contribution in [0.2, 0.25) is 0 Å². The normalized spacial score (nSPS) is 18.6.